The number of hydrogen-bond donors (Lipinski definition) is 3. The summed E-state index contributed by atoms with van der Waals surface area (Å²) in [7, 11) is -4.12. The topological polar surface area (TPSA) is 100 Å². The number of sulfonamides is 1. The van der Waals surface area contributed by atoms with Gasteiger partial charge in [0.2, 0.25) is 0 Å². The molecule has 1 aromatic heterocycles. The number of aromatic nitrogens is 1. The molecule has 3 N–H and O–H groups in total. The van der Waals surface area contributed by atoms with Gasteiger partial charge in [-0.2, -0.15) is 0 Å². The lowest BCUT2D eigenvalue weighted by molar-refractivity contribution is 0.251. The van der Waals surface area contributed by atoms with Crippen LogP contribution in [0.2, 0.25) is 5.02 Å². The van der Waals surface area contributed by atoms with E-state index in [0.717, 1.165) is 11.9 Å². The third kappa shape index (κ3) is 5.80. The molecule has 2 aromatic rings. The summed E-state index contributed by atoms with van der Waals surface area (Å²) in [4.78, 5) is 15.6. The molecular weight excluding hydrogens is 384 g/mol. The summed E-state index contributed by atoms with van der Waals surface area (Å²) >= 11 is 7.10. The highest BCUT2D eigenvalue weighted by atomic mass is 35.5. The summed E-state index contributed by atoms with van der Waals surface area (Å²) in [6.07, 6.45) is 1.61. The van der Waals surface area contributed by atoms with Gasteiger partial charge in [-0.3, -0.25) is 4.72 Å². The van der Waals surface area contributed by atoms with Gasteiger partial charge < -0.3 is 5.32 Å². The van der Waals surface area contributed by atoms with Gasteiger partial charge >= 0.3 is 6.03 Å². The van der Waals surface area contributed by atoms with Crippen molar-refractivity contribution in [2.75, 3.05) is 5.32 Å². The number of amides is 2. The number of anilines is 2. The molecule has 1 heterocycles. The molecule has 134 valence electrons. The standard InChI is InChI=1S/C15H17ClN4O3S2/c1-10(2)24-19-15(21)20-25(22,23)13-9-11(6-7-12(13)16)18-14-5-3-4-8-17-14/h3-10H,1-2H3,(H,17,18)(H2,19,20,21). The van der Waals surface area contributed by atoms with E-state index in [1.54, 1.807) is 30.5 Å². The molecule has 0 saturated heterocycles. The molecule has 0 bridgehead atoms. The van der Waals surface area contributed by atoms with Crippen molar-refractivity contribution >= 4 is 51.1 Å². The predicted molar refractivity (Wildman–Crippen MR) is 101 cm³/mol. The second-order valence-corrected chi connectivity index (χ2v) is 8.63. The van der Waals surface area contributed by atoms with Crippen molar-refractivity contribution in [1.29, 1.82) is 0 Å². The van der Waals surface area contributed by atoms with Gasteiger partial charge in [0.15, 0.2) is 0 Å². The number of carbonyl (C=O) groups is 1. The van der Waals surface area contributed by atoms with E-state index in [9.17, 15) is 13.2 Å². The minimum atomic E-state index is -4.12. The summed E-state index contributed by atoms with van der Waals surface area (Å²) in [6, 6.07) is 8.84. The second-order valence-electron chi connectivity index (χ2n) is 5.19. The number of urea groups is 1. The average Bonchev–Trinajstić information content (AvgIpc) is 2.55. The van der Waals surface area contributed by atoms with Crippen LogP contribution < -0.4 is 14.8 Å². The first-order valence-electron chi connectivity index (χ1n) is 7.24. The molecule has 2 rings (SSSR count). The van der Waals surface area contributed by atoms with Crippen molar-refractivity contribution in [3.8, 4) is 0 Å². The summed E-state index contributed by atoms with van der Waals surface area (Å²) in [5.74, 6) is 0.548. The average molecular weight is 401 g/mol. The van der Waals surface area contributed by atoms with Crippen molar-refractivity contribution in [2.45, 2.75) is 24.0 Å². The first-order valence-corrected chi connectivity index (χ1v) is 9.98. The molecule has 0 aliphatic carbocycles. The smallest absolute Gasteiger partial charge is 0.338 e. The lowest BCUT2D eigenvalue weighted by Crippen LogP contribution is -2.37. The van der Waals surface area contributed by atoms with E-state index in [2.05, 4.69) is 15.0 Å². The fraction of sp³-hybridized carbons (Fsp3) is 0.200. The number of rotatable bonds is 6. The molecule has 0 spiro atoms. The summed E-state index contributed by atoms with van der Waals surface area (Å²) in [5, 5.41) is 3.09. The molecule has 2 amide bonds. The third-order valence-electron chi connectivity index (χ3n) is 2.77. The van der Waals surface area contributed by atoms with E-state index in [-0.39, 0.29) is 15.2 Å². The van der Waals surface area contributed by atoms with E-state index in [0.29, 0.717) is 11.5 Å². The predicted octanol–water partition coefficient (Wildman–Crippen LogP) is 3.52. The Labute approximate surface area is 155 Å². The van der Waals surface area contributed by atoms with Crippen molar-refractivity contribution in [3.05, 3.63) is 47.6 Å². The summed E-state index contributed by atoms with van der Waals surface area (Å²) < 4.78 is 29.1. The lowest BCUT2D eigenvalue weighted by atomic mass is 10.3. The summed E-state index contributed by atoms with van der Waals surface area (Å²) in [6.45, 7) is 3.73. The lowest BCUT2D eigenvalue weighted by Gasteiger charge is -2.12. The van der Waals surface area contributed by atoms with Crippen LogP contribution in [-0.2, 0) is 10.0 Å². The van der Waals surface area contributed by atoms with Gasteiger partial charge in [-0.15, -0.1) is 0 Å². The van der Waals surface area contributed by atoms with E-state index in [1.807, 2.05) is 18.6 Å². The van der Waals surface area contributed by atoms with Crippen LogP contribution in [0.3, 0.4) is 0 Å². The van der Waals surface area contributed by atoms with Gasteiger partial charge in [-0.05, 0) is 42.3 Å². The molecule has 1 aromatic carbocycles. The molecule has 25 heavy (non-hydrogen) atoms. The van der Waals surface area contributed by atoms with Gasteiger partial charge in [-0.25, -0.2) is 22.9 Å². The van der Waals surface area contributed by atoms with Crippen LogP contribution in [-0.4, -0.2) is 24.7 Å². The number of pyridine rings is 1. The maximum absolute atomic E-state index is 12.4. The fourth-order valence-electron chi connectivity index (χ4n) is 1.74. The molecule has 0 saturated carbocycles. The Morgan fingerprint density at radius 1 is 1.24 bits per heavy atom. The summed E-state index contributed by atoms with van der Waals surface area (Å²) in [5.41, 5.74) is 0.473. The van der Waals surface area contributed by atoms with Gasteiger partial charge in [0, 0.05) is 17.1 Å². The Hall–Kier alpha value is -1.97. The van der Waals surface area contributed by atoms with Gasteiger partial charge in [-0.1, -0.05) is 31.5 Å². The minimum absolute atomic E-state index is 0.00313. The molecule has 0 radical (unpaired) electrons. The minimum Gasteiger partial charge on any atom is -0.340 e. The number of benzene rings is 1. The highest BCUT2D eigenvalue weighted by Gasteiger charge is 2.21. The van der Waals surface area contributed by atoms with E-state index in [4.69, 9.17) is 11.6 Å². The maximum atomic E-state index is 12.4. The van der Waals surface area contributed by atoms with Gasteiger partial charge in [0.1, 0.15) is 10.7 Å². The van der Waals surface area contributed by atoms with E-state index in [1.165, 1.54) is 12.1 Å². The van der Waals surface area contributed by atoms with Crippen LogP contribution in [0.4, 0.5) is 16.3 Å². The molecule has 0 fully saturated rings. The number of carbonyl (C=O) groups excluding carboxylic acids is 1. The molecular formula is C15H17ClN4O3S2. The Morgan fingerprint density at radius 2 is 2.00 bits per heavy atom. The van der Waals surface area contributed by atoms with Crippen molar-refractivity contribution < 1.29 is 13.2 Å². The maximum Gasteiger partial charge on any atom is 0.338 e. The van der Waals surface area contributed by atoms with Crippen LogP contribution in [0.15, 0.2) is 47.5 Å². The molecule has 7 nitrogen and oxygen atoms in total. The number of halogens is 1. The van der Waals surface area contributed by atoms with Gasteiger partial charge in [0.05, 0.1) is 5.02 Å². The van der Waals surface area contributed by atoms with Crippen LogP contribution in [0, 0.1) is 0 Å². The SMILES string of the molecule is CC(C)SNC(=O)NS(=O)(=O)c1cc(Nc2ccccn2)ccc1Cl. The highest BCUT2D eigenvalue weighted by molar-refractivity contribution is 7.98. The molecule has 0 atom stereocenters. The third-order valence-corrected chi connectivity index (χ3v) is 5.36. The van der Waals surface area contributed by atoms with Crippen molar-refractivity contribution in [2.24, 2.45) is 0 Å². The monoisotopic (exact) mass is 400 g/mol. The normalized spacial score (nSPS) is 11.2. The Balaban J connectivity index is 2.19. The zero-order valence-electron chi connectivity index (χ0n) is 13.5. The molecule has 10 heteroatoms. The Morgan fingerprint density at radius 3 is 2.64 bits per heavy atom. The van der Waals surface area contributed by atoms with Crippen LogP contribution >= 0.6 is 23.5 Å². The van der Waals surface area contributed by atoms with E-state index >= 15 is 0 Å². The van der Waals surface area contributed by atoms with E-state index < -0.39 is 16.1 Å². The van der Waals surface area contributed by atoms with Crippen LogP contribution in [0.1, 0.15) is 13.8 Å². The van der Waals surface area contributed by atoms with Gasteiger partial charge in [0.25, 0.3) is 10.0 Å². The number of nitrogens with one attached hydrogen (secondary N) is 3. The first kappa shape index (κ1) is 19.4. The van der Waals surface area contributed by atoms with Crippen LogP contribution in [0.25, 0.3) is 0 Å². The molecule has 0 unspecified atom stereocenters. The number of nitrogens with zero attached hydrogens (tertiary/aromatic N) is 1. The second kappa shape index (κ2) is 8.41. The Kier molecular flexibility index (Phi) is 6.51. The zero-order valence-corrected chi connectivity index (χ0v) is 15.9. The number of hydrogen-bond acceptors (Lipinski definition) is 6. The first-order chi connectivity index (χ1) is 11.8. The largest absolute Gasteiger partial charge is 0.340 e. The highest BCUT2D eigenvalue weighted by Crippen LogP contribution is 2.26. The van der Waals surface area contributed by atoms with Crippen LogP contribution in [0.5, 0.6) is 0 Å². The quantitative estimate of drug-likeness (QED) is 0.641. The fourth-order valence-corrected chi connectivity index (χ4v) is 3.63. The zero-order chi connectivity index (χ0) is 18.4. The molecule has 0 aliphatic rings. The van der Waals surface area contributed by atoms with Crippen molar-refractivity contribution in [1.82, 2.24) is 14.4 Å². The van der Waals surface area contributed by atoms with Crippen molar-refractivity contribution in [3.63, 3.8) is 0 Å². The molecule has 0 aliphatic heterocycles. The Bertz CT molecular complexity index is 845.